The lowest BCUT2D eigenvalue weighted by molar-refractivity contribution is -0.137. The van der Waals surface area contributed by atoms with Crippen LogP contribution >= 0.6 is 11.8 Å². The van der Waals surface area contributed by atoms with Gasteiger partial charge in [0.25, 0.3) is 5.22 Å². The van der Waals surface area contributed by atoms with Crippen molar-refractivity contribution in [2.24, 2.45) is 0 Å². The molecule has 24 heavy (non-hydrogen) atoms. The van der Waals surface area contributed by atoms with Crippen molar-refractivity contribution in [3.8, 4) is 0 Å². The van der Waals surface area contributed by atoms with Crippen LogP contribution in [0.1, 0.15) is 5.56 Å². The van der Waals surface area contributed by atoms with E-state index in [0.717, 1.165) is 23.9 Å². The average Bonchev–Trinajstić information content (AvgIpc) is 2.95. The van der Waals surface area contributed by atoms with Gasteiger partial charge in [0.2, 0.25) is 5.91 Å². The van der Waals surface area contributed by atoms with E-state index in [9.17, 15) is 18.0 Å². The molecule has 3 rings (SSSR count). The van der Waals surface area contributed by atoms with Crippen molar-refractivity contribution in [2.45, 2.75) is 11.4 Å². The van der Waals surface area contributed by atoms with Crippen LogP contribution in [-0.2, 0) is 11.0 Å². The zero-order valence-electron chi connectivity index (χ0n) is 12.0. The monoisotopic (exact) mass is 353 g/mol. The number of hydrogen-bond donors (Lipinski definition) is 1. The van der Waals surface area contributed by atoms with Gasteiger partial charge in [-0.15, -0.1) is 0 Å². The summed E-state index contributed by atoms with van der Waals surface area (Å²) in [7, 11) is 0. The third kappa shape index (κ3) is 3.85. The molecule has 3 aromatic rings. The number of halogens is 3. The summed E-state index contributed by atoms with van der Waals surface area (Å²) >= 11 is 1.08. The molecule has 9 heteroatoms. The number of fused-ring (bicyclic) bond motifs is 1. The number of carbonyl (C=O) groups is 1. The summed E-state index contributed by atoms with van der Waals surface area (Å²) in [5.74, 6) is -0.379. The van der Waals surface area contributed by atoms with Crippen LogP contribution in [0.2, 0.25) is 0 Å². The van der Waals surface area contributed by atoms with E-state index in [-0.39, 0.29) is 11.6 Å². The van der Waals surface area contributed by atoms with Crippen molar-refractivity contribution in [1.29, 1.82) is 0 Å². The number of nitrogens with one attached hydrogen (secondary N) is 1. The van der Waals surface area contributed by atoms with Crippen LogP contribution in [0.5, 0.6) is 0 Å². The molecule has 1 amide bonds. The van der Waals surface area contributed by atoms with E-state index in [1.54, 1.807) is 12.1 Å². The van der Waals surface area contributed by atoms with E-state index in [2.05, 4.69) is 15.3 Å². The van der Waals surface area contributed by atoms with Gasteiger partial charge in [-0.3, -0.25) is 4.79 Å². The molecule has 124 valence electrons. The van der Waals surface area contributed by atoms with E-state index in [1.165, 1.54) is 0 Å². The number of carbonyl (C=O) groups excluding carboxylic acids is 1. The number of thioether (sulfide) groups is 1. The Morgan fingerprint density at radius 3 is 2.67 bits per heavy atom. The molecule has 1 aromatic carbocycles. The van der Waals surface area contributed by atoms with Gasteiger partial charge in [-0.1, -0.05) is 23.9 Å². The van der Waals surface area contributed by atoms with E-state index < -0.39 is 17.6 Å². The molecule has 0 bridgehead atoms. The first-order valence-electron chi connectivity index (χ1n) is 6.73. The van der Waals surface area contributed by atoms with Gasteiger partial charge in [0.15, 0.2) is 5.58 Å². The maximum Gasteiger partial charge on any atom is 0.417 e. The molecule has 5 nitrogen and oxygen atoms in total. The first-order valence-corrected chi connectivity index (χ1v) is 7.72. The van der Waals surface area contributed by atoms with E-state index in [1.807, 2.05) is 12.1 Å². The fraction of sp³-hybridized carbons (Fsp3) is 0.133. The van der Waals surface area contributed by atoms with Crippen LogP contribution in [0.3, 0.4) is 0 Å². The standard InChI is InChI=1S/C15H10F3N3O2S/c16-15(17,18)9-5-6-12(19-7-9)21-13(22)8-24-14-20-10-3-1-2-4-11(10)23-14/h1-7H,8H2,(H,19,21,22). The SMILES string of the molecule is O=C(CSc1nc2ccccc2o1)Nc1ccc(C(F)(F)F)cn1. The third-order valence-corrected chi connectivity index (χ3v) is 3.79. The molecule has 1 N–H and O–H groups in total. The number of hydrogen-bond acceptors (Lipinski definition) is 5. The quantitative estimate of drug-likeness (QED) is 0.719. The number of benzene rings is 1. The third-order valence-electron chi connectivity index (χ3n) is 2.96. The first kappa shape index (κ1) is 16.3. The van der Waals surface area contributed by atoms with Gasteiger partial charge in [-0.25, -0.2) is 9.97 Å². The number of alkyl halides is 3. The summed E-state index contributed by atoms with van der Waals surface area (Å²) in [6.45, 7) is 0. The number of nitrogens with zero attached hydrogens (tertiary/aromatic N) is 2. The fourth-order valence-electron chi connectivity index (χ4n) is 1.85. The Morgan fingerprint density at radius 1 is 1.21 bits per heavy atom. The molecule has 0 unspecified atom stereocenters. The molecule has 0 saturated carbocycles. The molecule has 0 spiro atoms. The summed E-state index contributed by atoms with van der Waals surface area (Å²) in [4.78, 5) is 19.6. The lowest BCUT2D eigenvalue weighted by Gasteiger charge is -2.07. The number of anilines is 1. The second-order valence-corrected chi connectivity index (χ2v) is 5.64. The highest BCUT2D eigenvalue weighted by molar-refractivity contribution is 7.99. The molecule has 0 saturated heterocycles. The van der Waals surface area contributed by atoms with Crippen LogP contribution in [-0.4, -0.2) is 21.6 Å². The molecule has 0 atom stereocenters. The normalized spacial score (nSPS) is 11.6. The Hall–Kier alpha value is -2.55. The van der Waals surface area contributed by atoms with Gasteiger partial charge < -0.3 is 9.73 Å². The zero-order valence-corrected chi connectivity index (χ0v) is 12.8. The largest absolute Gasteiger partial charge is 0.431 e. The Kier molecular flexibility index (Phi) is 4.43. The maximum atomic E-state index is 12.4. The van der Waals surface area contributed by atoms with Gasteiger partial charge in [0, 0.05) is 6.20 Å². The van der Waals surface area contributed by atoms with Gasteiger partial charge in [-0.05, 0) is 24.3 Å². The highest BCUT2D eigenvalue weighted by atomic mass is 32.2. The predicted molar refractivity (Wildman–Crippen MR) is 82.6 cm³/mol. The molecule has 0 aliphatic rings. The van der Waals surface area contributed by atoms with Crippen LogP contribution in [0.15, 0.2) is 52.2 Å². The Morgan fingerprint density at radius 2 is 2.00 bits per heavy atom. The molecule has 0 radical (unpaired) electrons. The molecular formula is C15H10F3N3O2S. The number of amides is 1. The van der Waals surface area contributed by atoms with Crippen LogP contribution in [0, 0.1) is 0 Å². The molecule has 0 aliphatic carbocycles. The first-order chi connectivity index (χ1) is 11.4. The summed E-state index contributed by atoms with van der Waals surface area (Å²) in [5, 5.41) is 2.76. The van der Waals surface area contributed by atoms with Crippen LogP contribution in [0.4, 0.5) is 19.0 Å². The van der Waals surface area contributed by atoms with Crippen molar-refractivity contribution in [3.05, 3.63) is 48.2 Å². The predicted octanol–water partition coefficient (Wildman–Crippen LogP) is 3.97. The average molecular weight is 353 g/mol. The topological polar surface area (TPSA) is 68.0 Å². The van der Waals surface area contributed by atoms with Crippen LogP contribution < -0.4 is 5.32 Å². The second kappa shape index (κ2) is 6.52. The molecule has 0 fully saturated rings. The highest BCUT2D eigenvalue weighted by Crippen LogP contribution is 2.29. The fourth-order valence-corrected chi connectivity index (χ4v) is 2.49. The van der Waals surface area contributed by atoms with Crippen molar-refractivity contribution >= 4 is 34.6 Å². The lowest BCUT2D eigenvalue weighted by Crippen LogP contribution is -2.15. The van der Waals surface area contributed by atoms with E-state index in [4.69, 9.17) is 4.42 Å². The summed E-state index contributed by atoms with van der Waals surface area (Å²) in [6, 6.07) is 9.14. The minimum atomic E-state index is -4.46. The smallest absolute Gasteiger partial charge is 0.417 e. The van der Waals surface area contributed by atoms with Crippen molar-refractivity contribution in [2.75, 3.05) is 11.1 Å². The molecule has 0 aliphatic heterocycles. The van der Waals surface area contributed by atoms with Gasteiger partial charge in [0.05, 0.1) is 11.3 Å². The van der Waals surface area contributed by atoms with E-state index in [0.29, 0.717) is 22.5 Å². The Balaban J connectivity index is 1.57. The summed E-state index contributed by atoms with van der Waals surface area (Å²) in [5.41, 5.74) is 0.427. The number of para-hydroxylation sites is 2. The number of pyridine rings is 1. The highest BCUT2D eigenvalue weighted by Gasteiger charge is 2.30. The number of rotatable bonds is 4. The Labute approximate surface area is 138 Å². The minimum Gasteiger partial charge on any atom is -0.431 e. The van der Waals surface area contributed by atoms with Gasteiger partial charge in [0.1, 0.15) is 11.3 Å². The second-order valence-electron chi connectivity index (χ2n) is 4.71. The summed E-state index contributed by atoms with van der Waals surface area (Å²) in [6.07, 6.45) is -3.79. The molecule has 2 heterocycles. The lowest BCUT2D eigenvalue weighted by atomic mass is 10.3. The molecular weight excluding hydrogens is 343 g/mol. The van der Waals surface area contributed by atoms with Crippen molar-refractivity contribution in [1.82, 2.24) is 9.97 Å². The number of aromatic nitrogens is 2. The van der Waals surface area contributed by atoms with E-state index >= 15 is 0 Å². The van der Waals surface area contributed by atoms with Crippen LogP contribution in [0.25, 0.3) is 11.1 Å². The summed E-state index contributed by atoms with van der Waals surface area (Å²) < 4.78 is 42.7. The van der Waals surface area contributed by atoms with Crippen molar-refractivity contribution < 1.29 is 22.4 Å². The van der Waals surface area contributed by atoms with Gasteiger partial charge >= 0.3 is 6.18 Å². The maximum absolute atomic E-state index is 12.4. The minimum absolute atomic E-state index is 0.00444. The zero-order chi connectivity index (χ0) is 17.2. The number of oxazole rings is 1. The molecule has 2 aromatic heterocycles. The van der Waals surface area contributed by atoms with Gasteiger partial charge in [-0.2, -0.15) is 13.2 Å². The Bertz CT molecular complexity index is 829. The van der Waals surface area contributed by atoms with Crippen molar-refractivity contribution in [3.63, 3.8) is 0 Å².